The largest absolute Gasteiger partial charge is 0.366 e. The Balaban J connectivity index is 2.29. The molecule has 1 aliphatic heterocycles. The summed E-state index contributed by atoms with van der Waals surface area (Å²) in [6.45, 7) is 2.87. The van der Waals surface area contributed by atoms with E-state index in [0.717, 1.165) is 31.9 Å². The molecule has 1 aromatic rings. The van der Waals surface area contributed by atoms with Crippen LogP contribution in [0, 0.1) is 15.9 Å². The Morgan fingerprint density at radius 2 is 2.24 bits per heavy atom. The van der Waals surface area contributed by atoms with E-state index in [9.17, 15) is 14.5 Å². The zero-order valence-corrected chi connectivity index (χ0v) is 9.73. The minimum absolute atomic E-state index is 0.198. The summed E-state index contributed by atoms with van der Waals surface area (Å²) in [7, 11) is 0. The molecular formula is C12H15FN2O2. The number of non-ortho nitro benzene ring substituents is 1. The molecule has 0 N–H and O–H groups in total. The lowest BCUT2D eigenvalue weighted by Crippen LogP contribution is -2.37. The molecular weight excluding hydrogens is 223 g/mol. The maximum absolute atomic E-state index is 13.8. The number of halogens is 1. The average molecular weight is 238 g/mol. The van der Waals surface area contributed by atoms with Crippen LogP contribution in [0.3, 0.4) is 0 Å². The highest BCUT2D eigenvalue weighted by Gasteiger charge is 2.22. The predicted molar refractivity (Wildman–Crippen MR) is 63.7 cm³/mol. The number of nitrogens with zero attached hydrogens (tertiary/aromatic N) is 2. The lowest BCUT2D eigenvalue weighted by molar-refractivity contribution is -0.385. The highest BCUT2D eigenvalue weighted by molar-refractivity contribution is 5.53. The summed E-state index contributed by atoms with van der Waals surface area (Å²) in [5.41, 5.74) is 0.277. The Morgan fingerprint density at radius 3 is 2.82 bits per heavy atom. The molecule has 1 aromatic carbocycles. The highest BCUT2D eigenvalue weighted by atomic mass is 19.1. The summed E-state index contributed by atoms with van der Waals surface area (Å²) < 4.78 is 13.8. The van der Waals surface area contributed by atoms with Crippen LogP contribution in [-0.4, -0.2) is 17.5 Å². The van der Waals surface area contributed by atoms with Crippen molar-refractivity contribution in [3.05, 3.63) is 34.1 Å². The van der Waals surface area contributed by atoms with Crippen LogP contribution in [0.1, 0.15) is 26.2 Å². The van der Waals surface area contributed by atoms with Gasteiger partial charge >= 0.3 is 0 Å². The van der Waals surface area contributed by atoms with Gasteiger partial charge in [-0.1, -0.05) is 0 Å². The first-order valence-corrected chi connectivity index (χ1v) is 5.80. The monoisotopic (exact) mass is 238 g/mol. The molecule has 92 valence electrons. The third-order valence-electron chi connectivity index (χ3n) is 3.25. The zero-order chi connectivity index (χ0) is 12.4. The van der Waals surface area contributed by atoms with Gasteiger partial charge in [0.2, 0.25) is 0 Å². The molecule has 0 aromatic heterocycles. The van der Waals surface area contributed by atoms with Crippen LogP contribution in [-0.2, 0) is 0 Å². The van der Waals surface area contributed by atoms with Crippen molar-refractivity contribution in [2.75, 3.05) is 11.4 Å². The van der Waals surface area contributed by atoms with E-state index in [1.165, 1.54) is 12.1 Å². The van der Waals surface area contributed by atoms with Crippen molar-refractivity contribution in [2.24, 2.45) is 0 Å². The van der Waals surface area contributed by atoms with Gasteiger partial charge in [0.05, 0.1) is 16.7 Å². The first-order valence-electron chi connectivity index (χ1n) is 5.80. The quantitative estimate of drug-likeness (QED) is 0.587. The first kappa shape index (κ1) is 11.8. The fourth-order valence-electron chi connectivity index (χ4n) is 2.30. The van der Waals surface area contributed by atoms with Crippen LogP contribution in [0.4, 0.5) is 15.8 Å². The molecule has 0 saturated carbocycles. The van der Waals surface area contributed by atoms with Gasteiger partial charge < -0.3 is 4.90 Å². The number of nitro benzene ring substituents is 1. The lowest BCUT2D eigenvalue weighted by Gasteiger charge is -2.35. The Kier molecular flexibility index (Phi) is 3.26. The summed E-state index contributed by atoms with van der Waals surface area (Å²) in [6, 6.07) is 4.16. The molecule has 5 heteroatoms. The minimum atomic E-state index is -0.577. The number of benzene rings is 1. The Labute approximate surface area is 99.2 Å². The zero-order valence-electron chi connectivity index (χ0n) is 9.73. The molecule has 1 aliphatic rings. The molecule has 17 heavy (non-hydrogen) atoms. The van der Waals surface area contributed by atoms with Crippen molar-refractivity contribution in [1.82, 2.24) is 0 Å². The second kappa shape index (κ2) is 4.69. The second-order valence-electron chi connectivity index (χ2n) is 4.43. The van der Waals surface area contributed by atoms with Crippen LogP contribution in [0.15, 0.2) is 18.2 Å². The molecule has 4 nitrogen and oxygen atoms in total. The van der Waals surface area contributed by atoms with Gasteiger partial charge in [-0.15, -0.1) is 0 Å². The number of rotatable bonds is 2. The van der Waals surface area contributed by atoms with Crippen molar-refractivity contribution in [2.45, 2.75) is 32.2 Å². The molecule has 1 heterocycles. The van der Waals surface area contributed by atoms with E-state index in [1.807, 2.05) is 4.90 Å². The van der Waals surface area contributed by atoms with Gasteiger partial charge in [-0.05, 0) is 32.3 Å². The van der Waals surface area contributed by atoms with E-state index in [-0.39, 0.29) is 5.69 Å². The van der Waals surface area contributed by atoms with Gasteiger partial charge in [0, 0.05) is 18.7 Å². The van der Waals surface area contributed by atoms with Crippen molar-refractivity contribution in [3.8, 4) is 0 Å². The normalized spacial score (nSPS) is 20.4. The Hall–Kier alpha value is -1.65. The van der Waals surface area contributed by atoms with Gasteiger partial charge in [-0.25, -0.2) is 4.39 Å². The van der Waals surface area contributed by atoms with Gasteiger partial charge in [0.25, 0.3) is 5.69 Å². The number of hydrogen-bond acceptors (Lipinski definition) is 3. The fourth-order valence-corrected chi connectivity index (χ4v) is 2.30. The Morgan fingerprint density at radius 1 is 1.47 bits per heavy atom. The Bertz CT molecular complexity index is 437. The molecule has 0 unspecified atom stereocenters. The standard InChI is InChI=1S/C12H15FN2O2/c1-9-4-2-3-7-14(9)12-6-5-10(15(16)17)8-11(12)13/h5-6,8-9H,2-4,7H2,1H3/t9-/m0/s1. The minimum Gasteiger partial charge on any atom is -0.366 e. The number of hydrogen-bond donors (Lipinski definition) is 0. The summed E-state index contributed by atoms with van der Waals surface area (Å²) in [5.74, 6) is -0.507. The highest BCUT2D eigenvalue weighted by Crippen LogP contribution is 2.29. The van der Waals surface area contributed by atoms with Crippen LogP contribution in [0.25, 0.3) is 0 Å². The SMILES string of the molecule is C[C@H]1CCCCN1c1ccc([N+](=O)[O-])cc1F. The molecule has 0 radical (unpaired) electrons. The van der Waals surface area contributed by atoms with E-state index in [1.54, 1.807) is 0 Å². The molecule has 0 aliphatic carbocycles. The molecule has 0 spiro atoms. The summed E-state index contributed by atoms with van der Waals surface area (Å²) in [4.78, 5) is 11.9. The van der Waals surface area contributed by atoms with E-state index in [0.29, 0.717) is 11.7 Å². The van der Waals surface area contributed by atoms with Crippen molar-refractivity contribution >= 4 is 11.4 Å². The predicted octanol–water partition coefficient (Wildman–Crippen LogP) is 3.11. The number of piperidine rings is 1. The van der Waals surface area contributed by atoms with Crippen LogP contribution < -0.4 is 4.90 Å². The van der Waals surface area contributed by atoms with Crippen molar-refractivity contribution in [1.29, 1.82) is 0 Å². The lowest BCUT2D eigenvalue weighted by atomic mass is 10.0. The summed E-state index contributed by atoms with van der Waals surface area (Å²) in [6.07, 6.45) is 3.24. The maximum Gasteiger partial charge on any atom is 0.272 e. The van der Waals surface area contributed by atoms with Crippen LogP contribution in [0.5, 0.6) is 0 Å². The van der Waals surface area contributed by atoms with Gasteiger partial charge in [0.1, 0.15) is 0 Å². The topological polar surface area (TPSA) is 46.4 Å². The third kappa shape index (κ3) is 2.38. The maximum atomic E-state index is 13.8. The average Bonchev–Trinajstić information content (AvgIpc) is 2.30. The van der Waals surface area contributed by atoms with Crippen molar-refractivity contribution < 1.29 is 9.31 Å². The molecule has 1 atom stereocenters. The second-order valence-corrected chi connectivity index (χ2v) is 4.43. The fraction of sp³-hybridized carbons (Fsp3) is 0.500. The number of anilines is 1. The first-order chi connectivity index (χ1) is 8.09. The van der Waals surface area contributed by atoms with E-state index >= 15 is 0 Å². The van der Waals surface area contributed by atoms with E-state index in [2.05, 4.69) is 6.92 Å². The molecule has 1 fully saturated rings. The third-order valence-corrected chi connectivity index (χ3v) is 3.25. The van der Waals surface area contributed by atoms with Crippen molar-refractivity contribution in [3.63, 3.8) is 0 Å². The molecule has 1 saturated heterocycles. The molecule has 2 rings (SSSR count). The smallest absolute Gasteiger partial charge is 0.272 e. The summed E-state index contributed by atoms with van der Waals surface area (Å²) in [5, 5.41) is 10.5. The molecule has 0 amide bonds. The van der Waals surface area contributed by atoms with Crippen LogP contribution in [0.2, 0.25) is 0 Å². The van der Waals surface area contributed by atoms with Crippen LogP contribution >= 0.6 is 0 Å². The van der Waals surface area contributed by atoms with E-state index < -0.39 is 10.7 Å². The van der Waals surface area contributed by atoms with Gasteiger partial charge in [-0.3, -0.25) is 10.1 Å². The number of nitro groups is 1. The van der Waals surface area contributed by atoms with Gasteiger partial charge in [0.15, 0.2) is 5.82 Å². The molecule has 0 bridgehead atoms. The van der Waals surface area contributed by atoms with Gasteiger partial charge in [-0.2, -0.15) is 0 Å². The summed E-state index contributed by atoms with van der Waals surface area (Å²) >= 11 is 0. The van der Waals surface area contributed by atoms with E-state index in [4.69, 9.17) is 0 Å².